The predicted octanol–water partition coefficient (Wildman–Crippen LogP) is 0.0225. The first-order valence-electron chi connectivity index (χ1n) is 6.52. The fourth-order valence-corrected chi connectivity index (χ4v) is 2.17. The average Bonchev–Trinajstić information content (AvgIpc) is 2.31. The molecular weight excluding hydrogens is 248 g/mol. The summed E-state index contributed by atoms with van der Waals surface area (Å²) >= 11 is 0. The number of rotatable bonds is 6. The van der Waals surface area contributed by atoms with Crippen LogP contribution in [0.25, 0.3) is 0 Å². The van der Waals surface area contributed by atoms with E-state index < -0.39 is 6.04 Å². The smallest absolute Gasteiger partial charge is 0.243 e. The van der Waals surface area contributed by atoms with Crippen LogP contribution in [0.15, 0.2) is 0 Å². The Bertz CT molecular complexity index is 325. The lowest BCUT2D eigenvalue weighted by atomic mass is 9.84. The SMILES string of the molecule is COCCOCCN1C(=O)CNC(=O)C1C(C)(C)C. The molecule has 1 atom stereocenters. The Balaban J connectivity index is 2.59. The maximum absolute atomic E-state index is 12.0. The molecule has 1 rings (SSSR count). The minimum absolute atomic E-state index is 0.0603. The van der Waals surface area contributed by atoms with Crippen molar-refractivity contribution in [1.29, 1.82) is 0 Å². The highest BCUT2D eigenvalue weighted by atomic mass is 16.5. The van der Waals surface area contributed by atoms with Crippen LogP contribution in [-0.2, 0) is 19.1 Å². The zero-order chi connectivity index (χ0) is 14.5. The van der Waals surface area contributed by atoms with E-state index in [4.69, 9.17) is 9.47 Å². The maximum Gasteiger partial charge on any atom is 0.243 e. The summed E-state index contributed by atoms with van der Waals surface area (Å²) in [5.41, 5.74) is -0.299. The largest absolute Gasteiger partial charge is 0.382 e. The van der Waals surface area contributed by atoms with E-state index in [-0.39, 0.29) is 23.8 Å². The van der Waals surface area contributed by atoms with E-state index in [1.165, 1.54) is 0 Å². The molecule has 0 spiro atoms. The van der Waals surface area contributed by atoms with E-state index in [9.17, 15) is 9.59 Å². The molecule has 110 valence electrons. The van der Waals surface area contributed by atoms with E-state index in [2.05, 4.69) is 5.32 Å². The molecule has 19 heavy (non-hydrogen) atoms. The molecule has 0 aromatic heterocycles. The van der Waals surface area contributed by atoms with Crippen molar-refractivity contribution in [1.82, 2.24) is 10.2 Å². The van der Waals surface area contributed by atoms with Crippen LogP contribution < -0.4 is 5.32 Å². The third-order valence-corrected chi connectivity index (χ3v) is 3.02. The highest BCUT2D eigenvalue weighted by Gasteiger charge is 2.41. The number of hydrogen-bond donors (Lipinski definition) is 1. The van der Waals surface area contributed by atoms with E-state index in [1.54, 1.807) is 12.0 Å². The van der Waals surface area contributed by atoms with Gasteiger partial charge in [-0.15, -0.1) is 0 Å². The van der Waals surface area contributed by atoms with Crippen molar-refractivity contribution in [2.24, 2.45) is 5.41 Å². The second-order valence-electron chi connectivity index (χ2n) is 5.68. The molecule has 1 aliphatic heterocycles. The van der Waals surface area contributed by atoms with Crippen molar-refractivity contribution in [2.45, 2.75) is 26.8 Å². The minimum atomic E-state index is -0.445. The van der Waals surface area contributed by atoms with Gasteiger partial charge >= 0.3 is 0 Å². The molecule has 0 bridgehead atoms. The van der Waals surface area contributed by atoms with Crippen LogP contribution in [-0.4, -0.2) is 62.8 Å². The van der Waals surface area contributed by atoms with Crippen LogP contribution in [0.4, 0.5) is 0 Å². The van der Waals surface area contributed by atoms with Crippen LogP contribution in [0, 0.1) is 5.41 Å². The van der Waals surface area contributed by atoms with Crippen molar-refractivity contribution in [3.8, 4) is 0 Å². The van der Waals surface area contributed by atoms with E-state index >= 15 is 0 Å². The molecule has 0 saturated carbocycles. The summed E-state index contributed by atoms with van der Waals surface area (Å²) in [4.78, 5) is 25.5. The van der Waals surface area contributed by atoms with Gasteiger partial charge in [0.15, 0.2) is 0 Å². The van der Waals surface area contributed by atoms with Crippen LogP contribution in [0.2, 0.25) is 0 Å². The summed E-state index contributed by atoms with van der Waals surface area (Å²) in [5.74, 6) is -0.154. The molecule has 0 aliphatic carbocycles. The van der Waals surface area contributed by atoms with Crippen LogP contribution in [0.1, 0.15) is 20.8 Å². The summed E-state index contributed by atoms with van der Waals surface area (Å²) in [6.45, 7) is 7.79. The molecule has 6 nitrogen and oxygen atoms in total. The summed E-state index contributed by atoms with van der Waals surface area (Å²) in [7, 11) is 1.61. The molecule has 1 aliphatic rings. The topological polar surface area (TPSA) is 67.9 Å². The Morgan fingerprint density at radius 1 is 1.26 bits per heavy atom. The standard InChI is InChI=1S/C13H24N2O4/c1-13(2,3)11-12(17)14-9-10(16)15(11)5-6-19-8-7-18-4/h11H,5-9H2,1-4H3,(H,14,17). The van der Waals surface area contributed by atoms with E-state index in [0.717, 1.165) is 0 Å². The summed E-state index contributed by atoms with van der Waals surface area (Å²) in [6.07, 6.45) is 0. The van der Waals surface area contributed by atoms with Crippen molar-refractivity contribution >= 4 is 11.8 Å². The molecule has 0 aromatic carbocycles. The minimum Gasteiger partial charge on any atom is -0.382 e. The lowest BCUT2D eigenvalue weighted by Gasteiger charge is -2.41. The third-order valence-electron chi connectivity index (χ3n) is 3.02. The van der Waals surface area contributed by atoms with Gasteiger partial charge in [-0.25, -0.2) is 0 Å². The first-order valence-corrected chi connectivity index (χ1v) is 6.52. The number of amides is 2. The molecule has 1 unspecified atom stereocenters. The third kappa shape index (κ3) is 4.47. The molecular formula is C13H24N2O4. The van der Waals surface area contributed by atoms with Crippen molar-refractivity contribution < 1.29 is 19.1 Å². The molecule has 2 amide bonds. The lowest BCUT2D eigenvalue weighted by Crippen LogP contribution is -2.63. The molecule has 1 N–H and O–H groups in total. The first-order chi connectivity index (χ1) is 8.88. The highest BCUT2D eigenvalue weighted by Crippen LogP contribution is 2.26. The van der Waals surface area contributed by atoms with Gasteiger partial charge in [0.05, 0.1) is 26.4 Å². The first kappa shape index (κ1) is 15.9. The number of nitrogens with zero attached hydrogens (tertiary/aromatic N) is 1. The molecule has 0 aromatic rings. The highest BCUT2D eigenvalue weighted by molar-refractivity contribution is 5.95. The van der Waals surface area contributed by atoms with Gasteiger partial charge < -0.3 is 19.7 Å². The number of nitrogens with one attached hydrogen (secondary N) is 1. The normalized spacial score (nSPS) is 20.6. The number of carbonyl (C=O) groups excluding carboxylic acids is 2. The van der Waals surface area contributed by atoms with Gasteiger partial charge in [0.1, 0.15) is 6.04 Å². The summed E-state index contributed by atoms with van der Waals surface area (Å²) in [5, 5.41) is 2.64. The number of ether oxygens (including phenoxy) is 2. The van der Waals surface area contributed by atoms with Crippen LogP contribution >= 0.6 is 0 Å². The Morgan fingerprint density at radius 3 is 2.53 bits per heavy atom. The van der Waals surface area contributed by atoms with Gasteiger partial charge in [-0.05, 0) is 5.41 Å². The number of carbonyl (C=O) groups is 2. The molecule has 1 heterocycles. The van der Waals surface area contributed by atoms with Gasteiger partial charge in [0, 0.05) is 13.7 Å². The number of piperazine rings is 1. The molecule has 6 heteroatoms. The second-order valence-corrected chi connectivity index (χ2v) is 5.68. The van der Waals surface area contributed by atoms with E-state index in [1.807, 2.05) is 20.8 Å². The van der Waals surface area contributed by atoms with Crippen molar-refractivity contribution in [3.05, 3.63) is 0 Å². The Labute approximate surface area is 114 Å². The van der Waals surface area contributed by atoms with Crippen molar-refractivity contribution in [2.75, 3.05) is 40.0 Å². The summed E-state index contributed by atoms with van der Waals surface area (Å²) < 4.78 is 10.2. The van der Waals surface area contributed by atoms with Crippen LogP contribution in [0.5, 0.6) is 0 Å². The quantitative estimate of drug-likeness (QED) is 0.692. The lowest BCUT2D eigenvalue weighted by molar-refractivity contribution is -0.150. The van der Waals surface area contributed by atoms with Gasteiger partial charge in [0.2, 0.25) is 11.8 Å². The number of hydrogen-bond acceptors (Lipinski definition) is 4. The molecule has 1 fully saturated rings. The van der Waals surface area contributed by atoms with Crippen molar-refractivity contribution in [3.63, 3.8) is 0 Å². The predicted molar refractivity (Wildman–Crippen MR) is 70.7 cm³/mol. The maximum atomic E-state index is 12.0. The Hall–Kier alpha value is -1.14. The zero-order valence-corrected chi connectivity index (χ0v) is 12.2. The molecule has 1 saturated heterocycles. The van der Waals surface area contributed by atoms with Gasteiger partial charge in [-0.3, -0.25) is 9.59 Å². The fraction of sp³-hybridized carbons (Fsp3) is 0.846. The van der Waals surface area contributed by atoms with Gasteiger partial charge in [0.25, 0.3) is 0 Å². The van der Waals surface area contributed by atoms with Gasteiger partial charge in [-0.2, -0.15) is 0 Å². The molecule has 0 radical (unpaired) electrons. The Kier molecular flexibility index (Phi) is 5.75. The monoisotopic (exact) mass is 272 g/mol. The summed E-state index contributed by atoms with van der Waals surface area (Å²) in [6, 6.07) is -0.445. The Morgan fingerprint density at radius 2 is 1.95 bits per heavy atom. The average molecular weight is 272 g/mol. The van der Waals surface area contributed by atoms with E-state index in [0.29, 0.717) is 26.4 Å². The fourth-order valence-electron chi connectivity index (χ4n) is 2.17. The van der Waals surface area contributed by atoms with Crippen LogP contribution in [0.3, 0.4) is 0 Å². The number of methoxy groups -OCH3 is 1. The second kappa shape index (κ2) is 6.86. The van der Waals surface area contributed by atoms with Gasteiger partial charge in [-0.1, -0.05) is 20.8 Å². The zero-order valence-electron chi connectivity index (χ0n) is 12.2.